The van der Waals surface area contributed by atoms with Crippen molar-refractivity contribution in [1.29, 1.82) is 0 Å². The minimum atomic E-state index is 0.00864. The standard InChI is InChI=1S/C21H30O2/c1-7-8-17-14(5)20(22)19(21(23)15(17)6)18-11-13(4)9-10-16(18)12(2)3/h11,16,18,22-23H,2,7-10H2,1,3-6H3/t16?,18-/m1/s1. The monoisotopic (exact) mass is 314 g/mol. The predicted molar refractivity (Wildman–Crippen MR) is 97.3 cm³/mol. The maximum atomic E-state index is 10.8. The number of benzene rings is 1. The number of allylic oxidation sites excluding steroid dienone is 3. The molecule has 2 N–H and O–H groups in total. The Labute approximate surface area is 140 Å². The summed E-state index contributed by atoms with van der Waals surface area (Å²) in [5, 5.41) is 21.7. The van der Waals surface area contributed by atoms with Crippen molar-refractivity contribution in [1.82, 2.24) is 0 Å². The summed E-state index contributed by atoms with van der Waals surface area (Å²) in [5.74, 6) is 0.804. The number of aromatic hydroxyl groups is 2. The number of hydrogen-bond acceptors (Lipinski definition) is 2. The third-order valence-electron chi connectivity index (χ3n) is 5.34. The molecule has 0 aliphatic heterocycles. The summed E-state index contributed by atoms with van der Waals surface area (Å²) in [5.41, 5.74) is 6.02. The maximum absolute atomic E-state index is 10.8. The van der Waals surface area contributed by atoms with Crippen molar-refractivity contribution in [2.75, 3.05) is 0 Å². The van der Waals surface area contributed by atoms with Gasteiger partial charge in [-0.1, -0.05) is 37.1 Å². The van der Waals surface area contributed by atoms with E-state index >= 15 is 0 Å². The van der Waals surface area contributed by atoms with E-state index < -0.39 is 0 Å². The van der Waals surface area contributed by atoms with Crippen molar-refractivity contribution in [3.63, 3.8) is 0 Å². The van der Waals surface area contributed by atoms with Gasteiger partial charge in [0.15, 0.2) is 0 Å². The van der Waals surface area contributed by atoms with Gasteiger partial charge in [-0.25, -0.2) is 0 Å². The summed E-state index contributed by atoms with van der Waals surface area (Å²) in [6.07, 6.45) is 6.16. The Bertz CT molecular complexity index is 623. The number of phenols is 2. The largest absolute Gasteiger partial charge is 0.507 e. The molecule has 0 radical (unpaired) electrons. The van der Waals surface area contributed by atoms with Crippen LogP contribution in [0, 0.1) is 19.8 Å². The summed E-state index contributed by atoms with van der Waals surface area (Å²) in [6.45, 7) is 14.4. The molecule has 1 aliphatic carbocycles. The summed E-state index contributed by atoms with van der Waals surface area (Å²) >= 11 is 0. The van der Waals surface area contributed by atoms with Crippen LogP contribution in [0.5, 0.6) is 11.5 Å². The van der Waals surface area contributed by atoms with Gasteiger partial charge in [-0.15, -0.1) is 0 Å². The quantitative estimate of drug-likeness (QED) is 0.702. The predicted octanol–water partition coefficient (Wildman–Crippen LogP) is 5.68. The fraction of sp³-hybridized carbons (Fsp3) is 0.524. The van der Waals surface area contributed by atoms with Crippen LogP contribution in [0.3, 0.4) is 0 Å². The van der Waals surface area contributed by atoms with Crippen molar-refractivity contribution in [2.24, 2.45) is 5.92 Å². The average Bonchev–Trinajstić information content (AvgIpc) is 2.49. The molecule has 0 bridgehead atoms. The molecular weight excluding hydrogens is 284 g/mol. The molecule has 0 saturated carbocycles. The van der Waals surface area contributed by atoms with Crippen LogP contribution in [0.2, 0.25) is 0 Å². The molecule has 1 aromatic rings. The molecule has 0 fully saturated rings. The highest BCUT2D eigenvalue weighted by molar-refractivity contribution is 5.60. The summed E-state index contributed by atoms with van der Waals surface area (Å²) in [6, 6.07) is 0. The zero-order chi connectivity index (χ0) is 17.3. The first-order valence-corrected chi connectivity index (χ1v) is 8.66. The van der Waals surface area contributed by atoms with E-state index in [1.165, 1.54) is 5.57 Å². The molecule has 0 saturated heterocycles. The Kier molecular flexibility index (Phi) is 5.23. The van der Waals surface area contributed by atoms with E-state index in [-0.39, 0.29) is 23.3 Å². The third kappa shape index (κ3) is 3.17. The molecule has 2 atom stereocenters. The highest BCUT2D eigenvalue weighted by atomic mass is 16.3. The summed E-state index contributed by atoms with van der Waals surface area (Å²) in [7, 11) is 0. The fourth-order valence-electron chi connectivity index (χ4n) is 3.93. The third-order valence-corrected chi connectivity index (χ3v) is 5.34. The fourth-order valence-corrected chi connectivity index (χ4v) is 3.93. The topological polar surface area (TPSA) is 40.5 Å². The van der Waals surface area contributed by atoms with E-state index in [1.807, 2.05) is 20.8 Å². The second-order valence-electron chi connectivity index (χ2n) is 7.12. The van der Waals surface area contributed by atoms with Crippen molar-refractivity contribution in [3.05, 3.63) is 46.1 Å². The Hall–Kier alpha value is -1.70. The van der Waals surface area contributed by atoms with Gasteiger partial charge in [-0.05, 0) is 69.6 Å². The maximum Gasteiger partial charge on any atom is 0.126 e. The highest BCUT2D eigenvalue weighted by Gasteiger charge is 2.32. The molecule has 126 valence electrons. The van der Waals surface area contributed by atoms with Crippen LogP contribution in [-0.4, -0.2) is 10.2 Å². The van der Waals surface area contributed by atoms with Crippen LogP contribution in [-0.2, 0) is 6.42 Å². The van der Waals surface area contributed by atoms with Gasteiger partial charge in [0, 0.05) is 11.5 Å². The van der Waals surface area contributed by atoms with E-state index in [1.54, 1.807) is 0 Å². The molecule has 2 nitrogen and oxygen atoms in total. The van der Waals surface area contributed by atoms with E-state index in [9.17, 15) is 10.2 Å². The summed E-state index contributed by atoms with van der Waals surface area (Å²) < 4.78 is 0. The minimum absolute atomic E-state index is 0.00864. The lowest BCUT2D eigenvalue weighted by Gasteiger charge is -2.32. The van der Waals surface area contributed by atoms with Crippen molar-refractivity contribution in [3.8, 4) is 11.5 Å². The van der Waals surface area contributed by atoms with E-state index in [0.717, 1.165) is 47.9 Å². The Morgan fingerprint density at radius 1 is 1.17 bits per heavy atom. The normalized spacial score (nSPS) is 21.2. The van der Waals surface area contributed by atoms with Crippen LogP contribution >= 0.6 is 0 Å². The molecule has 1 unspecified atom stereocenters. The Morgan fingerprint density at radius 2 is 1.74 bits per heavy atom. The molecule has 1 aliphatic rings. The lowest BCUT2D eigenvalue weighted by Crippen LogP contribution is -2.18. The van der Waals surface area contributed by atoms with Gasteiger partial charge in [-0.3, -0.25) is 0 Å². The molecular formula is C21H30O2. The number of hydrogen-bond donors (Lipinski definition) is 2. The van der Waals surface area contributed by atoms with Crippen molar-refractivity contribution < 1.29 is 10.2 Å². The Balaban J connectivity index is 2.66. The van der Waals surface area contributed by atoms with Crippen molar-refractivity contribution in [2.45, 2.75) is 66.2 Å². The van der Waals surface area contributed by atoms with Crippen LogP contribution in [0.15, 0.2) is 23.8 Å². The second kappa shape index (κ2) is 6.82. The van der Waals surface area contributed by atoms with E-state index in [0.29, 0.717) is 5.56 Å². The van der Waals surface area contributed by atoms with E-state index in [4.69, 9.17) is 0 Å². The molecule has 23 heavy (non-hydrogen) atoms. The van der Waals surface area contributed by atoms with Gasteiger partial charge in [0.1, 0.15) is 11.5 Å². The van der Waals surface area contributed by atoms with Crippen LogP contribution < -0.4 is 0 Å². The minimum Gasteiger partial charge on any atom is -0.507 e. The van der Waals surface area contributed by atoms with Gasteiger partial charge in [-0.2, -0.15) is 0 Å². The molecule has 0 heterocycles. The van der Waals surface area contributed by atoms with Crippen LogP contribution in [0.4, 0.5) is 0 Å². The molecule has 2 rings (SSSR count). The second-order valence-corrected chi connectivity index (χ2v) is 7.12. The van der Waals surface area contributed by atoms with Gasteiger partial charge < -0.3 is 10.2 Å². The van der Waals surface area contributed by atoms with Gasteiger partial charge in [0.25, 0.3) is 0 Å². The van der Waals surface area contributed by atoms with Crippen LogP contribution in [0.1, 0.15) is 68.2 Å². The lowest BCUT2D eigenvalue weighted by atomic mass is 9.72. The lowest BCUT2D eigenvalue weighted by molar-refractivity contribution is 0.401. The molecule has 0 amide bonds. The molecule has 1 aromatic carbocycles. The zero-order valence-corrected chi connectivity index (χ0v) is 15.2. The molecule has 0 aromatic heterocycles. The van der Waals surface area contributed by atoms with Crippen LogP contribution in [0.25, 0.3) is 0 Å². The molecule has 2 heteroatoms. The molecule has 0 spiro atoms. The van der Waals surface area contributed by atoms with E-state index in [2.05, 4.69) is 26.5 Å². The SMILES string of the molecule is C=C(C)C1CCC(C)=C[C@H]1c1c(O)c(C)c(CCC)c(C)c1O. The highest BCUT2D eigenvalue weighted by Crippen LogP contribution is 2.49. The first-order valence-electron chi connectivity index (χ1n) is 8.66. The number of rotatable bonds is 4. The smallest absolute Gasteiger partial charge is 0.126 e. The van der Waals surface area contributed by atoms with Crippen molar-refractivity contribution >= 4 is 0 Å². The zero-order valence-electron chi connectivity index (χ0n) is 15.2. The van der Waals surface area contributed by atoms with Gasteiger partial charge in [0.05, 0.1) is 0 Å². The summed E-state index contributed by atoms with van der Waals surface area (Å²) in [4.78, 5) is 0. The average molecular weight is 314 g/mol. The first-order chi connectivity index (χ1) is 10.8. The van der Waals surface area contributed by atoms with Gasteiger partial charge in [0.2, 0.25) is 0 Å². The Morgan fingerprint density at radius 3 is 2.22 bits per heavy atom. The number of phenolic OH excluding ortho intramolecular Hbond substituents is 2. The van der Waals surface area contributed by atoms with Gasteiger partial charge >= 0.3 is 0 Å². The first kappa shape index (κ1) is 17.7.